The molecule has 1 fully saturated rings. The van der Waals surface area contributed by atoms with Crippen LogP contribution in [-0.2, 0) is 5.41 Å². The van der Waals surface area contributed by atoms with Gasteiger partial charge in [-0.2, -0.15) is 0 Å². The number of piperidine rings is 1. The fraction of sp³-hybridized carbons (Fsp3) is 0.333. The summed E-state index contributed by atoms with van der Waals surface area (Å²) in [6.45, 7) is 2.66. The van der Waals surface area contributed by atoms with Gasteiger partial charge in [-0.15, -0.1) is 0 Å². The Bertz CT molecular complexity index is 963. The lowest BCUT2D eigenvalue weighted by atomic mass is 9.75. The normalized spacial score (nSPS) is 18.9. The van der Waals surface area contributed by atoms with Crippen molar-refractivity contribution in [3.8, 4) is 0 Å². The first-order valence-electron chi connectivity index (χ1n) is 8.44. The standard InChI is InChI=1S/C18H17ClFN5/c19-13-8-22-16-15(13)17(24-10-23-16)25-9-18(3-5-21-6-4-18)12-7-11(20)1-2-14(12)25/h1-2,7-8,10,21H,3-6,9H2,(H,22,23,24). The van der Waals surface area contributed by atoms with Crippen LogP contribution in [0.5, 0.6) is 0 Å². The lowest BCUT2D eigenvalue weighted by molar-refractivity contribution is 0.328. The van der Waals surface area contributed by atoms with E-state index in [1.54, 1.807) is 18.6 Å². The van der Waals surface area contributed by atoms with Crippen LogP contribution in [0.1, 0.15) is 18.4 Å². The van der Waals surface area contributed by atoms with Crippen molar-refractivity contribution in [1.29, 1.82) is 0 Å². The summed E-state index contributed by atoms with van der Waals surface area (Å²) in [5.74, 6) is 0.588. The van der Waals surface area contributed by atoms with E-state index in [1.165, 1.54) is 6.07 Å². The van der Waals surface area contributed by atoms with E-state index in [4.69, 9.17) is 11.6 Å². The van der Waals surface area contributed by atoms with Crippen LogP contribution >= 0.6 is 11.6 Å². The van der Waals surface area contributed by atoms with Gasteiger partial charge in [0.05, 0.1) is 10.4 Å². The Morgan fingerprint density at radius 1 is 1.20 bits per heavy atom. The van der Waals surface area contributed by atoms with Crippen LogP contribution in [-0.4, -0.2) is 34.6 Å². The average Bonchev–Trinajstić information content (AvgIpc) is 3.15. The van der Waals surface area contributed by atoms with Crippen LogP contribution < -0.4 is 10.2 Å². The molecule has 5 rings (SSSR count). The van der Waals surface area contributed by atoms with Gasteiger partial charge in [-0.1, -0.05) is 11.6 Å². The van der Waals surface area contributed by atoms with Gasteiger partial charge in [-0.3, -0.25) is 0 Å². The third-order valence-corrected chi connectivity index (χ3v) is 5.80. The highest BCUT2D eigenvalue weighted by Gasteiger charge is 2.44. The molecule has 128 valence electrons. The number of halogens is 2. The third-order valence-electron chi connectivity index (χ3n) is 5.50. The molecule has 5 nitrogen and oxygen atoms in total. The highest BCUT2D eigenvalue weighted by atomic mass is 35.5. The molecule has 0 amide bonds. The fourth-order valence-corrected chi connectivity index (χ4v) is 4.51. The predicted molar refractivity (Wildman–Crippen MR) is 96.1 cm³/mol. The molecule has 2 aromatic heterocycles. The molecule has 0 bridgehead atoms. The summed E-state index contributed by atoms with van der Waals surface area (Å²) in [7, 11) is 0. The maximum Gasteiger partial charge on any atom is 0.147 e. The molecule has 4 heterocycles. The van der Waals surface area contributed by atoms with Gasteiger partial charge in [-0.25, -0.2) is 14.4 Å². The molecule has 0 atom stereocenters. The average molecular weight is 358 g/mol. The van der Waals surface area contributed by atoms with E-state index in [9.17, 15) is 4.39 Å². The van der Waals surface area contributed by atoms with Crippen LogP contribution in [0, 0.1) is 5.82 Å². The minimum Gasteiger partial charge on any atom is -0.344 e. The van der Waals surface area contributed by atoms with E-state index in [2.05, 4.69) is 25.2 Å². The topological polar surface area (TPSA) is 56.8 Å². The summed E-state index contributed by atoms with van der Waals surface area (Å²) in [4.78, 5) is 14.0. The first kappa shape index (κ1) is 15.1. The molecular weight excluding hydrogens is 341 g/mol. The molecule has 2 N–H and O–H groups in total. The Balaban J connectivity index is 1.72. The number of aromatic amines is 1. The quantitative estimate of drug-likeness (QED) is 0.699. The zero-order chi connectivity index (χ0) is 17.0. The number of hydrogen-bond donors (Lipinski definition) is 2. The maximum atomic E-state index is 14.0. The molecule has 1 saturated heterocycles. The predicted octanol–water partition coefficient (Wildman–Crippen LogP) is 3.52. The van der Waals surface area contributed by atoms with E-state index >= 15 is 0 Å². The van der Waals surface area contributed by atoms with E-state index < -0.39 is 0 Å². The number of nitrogens with zero attached hydrogens (tertiary/aromatic N) is 3. The van der Waals surface area contributed by atoms with Crippen molar-refractivity contribution in [2.45, 2.75) is 18.3 Å². The molecule has 7 heteroatoms. The lowest BCUT2D eigenvalue weighted by Gasteiger charge is -2.34. The number of H-pyrrole nitrogens is 1. The van der Waals surface area contributed by atoms with Crippen molar-refractivity contribution in [3.05, 3.63) is 47.1 Å². The summed E-state index contributed by atoms with van der Waals surface area (Å²) in [6.07, 6.45) is 5.23. The molecule has 0 saturated carbocycles. The Morgan fingerprint density at radius 2 is 2.04 bits per heavy atom. The van der Waals surface area contributed by atoms with Gasteiger partial charge in [0.1, 0.15) is 23.6 Å². The molecule has 2 aliphatic rings. The highest BCUT2D eigenvalue weighted by Crippen LogP contribution is 2.50. The third kappa shape index (κ3) is 2.17. The van der Waals surface area contributed by atoms with Crippen LogP contribution in [0.3, 0.4) is 0 Å². The smallest absolute Gasteiger partial charge is 0.147 e. The lowest BCUT2D eigenvalue weighted by Crippen LogP contribution is -2.42. The van der Waals surface area contributed by atoms with Crippen molar-refractivity contribution in [1.82, 2.24) is 20.3 Å². The van der Waals surface area contributed by atoms with Crippen LogP contribution in [0.15, 0.2) is 30.7 Å². The molecule has 0 radical (unpaired) electrons. The summed E-state index contributed by atoms with van der Waals surface area (Å²) in [6, 6.07) is 5.07. The second kappa shape index (κ2) is 5.41. The molecule has 1 aromatic carbocycles. The number of fused-ring (bicyclic) bond motifs is 3. The van der Waals surface area contributed by atoms with Crippen molar-refractivity contribution >= 4 is 34.1 Å². The number of hydrogen-bond acceptors (Lipinski definition) is 4. The van der Waals surface area contributed by atoms with E-state index in [0.717, 1.165) is 54.9 Å². The second-order valence-corrected chi connectivity index (χ2v) is 7.24. The monoisotopic (exact) mass is 357 g/mol. The van der Waals surface area contributed by atoms with Gasteiger partial charge in [0, 0.05) is 23.8 Å². The molecule has 0 aliphatic carbocycles. The Hall–Kier alpha value is -2.18. The Morgan fingerprint density at radius 3 is 2.88 bits per heavy atom. The van der Waals surface area contributed by atoms with Gasteiger partial charge >= 0.3 is 0 Å². The number of benzene rings is 1. The van der Waals surface area contributed by atoms with Crippen LogP contribution in [0.2, 0.25) is 5.02 Å². The summed E-state index contributed by atoms with van der Waals surface area (Å²) in [5, 5.41) is 4.81. The number of nitrogens with one attached hydrogen (secondary N) is 2. The zero-order valence-electron chi connectivity index (χ0n) is 13.5. The van der Waals surface area contributed by atoms with Crippen LogP contribution in [0.4, 0.5) is 15.9 Å². The first-order valence-corrected chi connectivity index (χ1v) is 8.82. The van der Waals surface area contributed by atoms with Gasteiger partial charge in [0.2, 0.25) is 0 Å². The zero-order valence-corrected chi connectivity index (χ0v) is 14.3. The van der Waals surface area contributed by atoms with Crippen molar-refractivity contribution in [2.24, 2.45) is 0 Å². The summed E-state index contributed by atoms with van der Waals surface area (Å²) in [5.41, 5.74) is 2.75. The number of aromatic nitrogens is 3. The van der Waals surface area contributed by atoms with E-state index in [0.29, 0.717) is 10.7 Å². The Labute approximate surface area is 149 Å². The summed E-state index contributed by atoms with van der Waals surface area (Å²) >= 11 is 6.38. The van der Waals surface area contributed by atoms with Gasteiger partial charge in [0.25, 0.3) is 0 Å². The fourth-order valence-electron chi connectivity index (χ4n) is 4.28. The van der Waals surface area contributed by atoms with Gasteiger partial charge in [0.15, 0.2) is 0 Å². The van der Waals surface area contributed by atoms with Crippen LogP contribution in [0.25, 0.3) is 11.0 Å². The van der Waals surface area contributed by atoms with Crippen molar-refractivity contribution < 1.29 is 4.39 Å². The molecular formula is C18H17ClFN5. The van der Waals surface area contributed by atoms with Crippen molar-refractivity contribution in [3.63, 3.8) is 0 Å². The first-order chi connectivity index (χ1) is 12.2. The molecule has 25 heavy (non-hydrogen) atoms. The second-order valence-electron chi connectivity index (χ2n) is 6.84. The highest BCUT2D eigenvalue weighted by molar-refractivity contribution is 6.36. The van der Waals surface area contributed by atoms with Gasteiger partial charge in [-0.05, 0) is 49.7 Å². The Kier molecular flexibility index (Phi) is 3.27. The largest absolute Gasteiger partial charge is 0.344 e. The minimum atomic E-state index is -0.189. The van der Waals surface area contributed by atoms with E-state index in [1.807, 2.05) is 6.07 Å². The number of rotatable bonds is 1. The number of anilines is 2. The maximum absolute atomic E-state index is 14.0. The van der Waals surface area contributed by atoms with E-state index in [-0.39, 0.29) is 11.2 Å². The van der Waals surface area contributed by atoms with Gasteiger partial charge < -0.3 is 15.2 Å². The molecule has 1 spiro atoms. The minimum absolute atomic E-state index is 0.0528. The molecule has 2 aliphatic heterocycles. The molecule has 3 aromatic rings. The molecule has 0 unspecified atom stereocenters. The SMILES string of the molecule is Fc1ccc2c(c1)C1(CCNCC1)CN2c1ncnc2[nH]cc(Cl)c12. The van der Waals surface area contributed by atoms with Crippen molar-refractivity contribution in [2.75, 3.05) is 24.5 Å². The summed E-state index contributed by atoms with van der Waals surface area (Å²) < 4.78 is 14.0.